The highest BCUT2D eigenvalue weighted by Crippen LogP contribution is 2.65. The van der Waals surface area contributed by atoms with Gasteiger partial charge in [0.2, 0.25) is 0 Å². The van der Waals surface area contributed by atoms with Gasteiger partial charge in [0.25, 0.3) is 0 Å². The normalized spacial score (nSPS) is 18.2. The van der Waals surface area contributed by atoms with Crippen molar-refractivity contribution < 1.29 is 0 Å². The molecule has 0 N–H and O–H groups in total. The van der Waals surface area contributed by atoms with Gasteiger partial charge < -0.3 is 0 Å². The molecule has 88 valence electrons. The number of pyridine rings is 1. The first-order valence-corrected chi connectivity index (χ1v) is 12.1. The topological polar surface area (TPSA) is 16.1 Å². The summed E-state index contributed by atoms with van der Waals surface area (Å²) in [5.41, 5.74) is 2.82. The first-order chi connectivity index (χ1) is 7.76. The summed E-state index contributed by atoms with van der Waals surface area (Å²) >= 11 is 0. The van der Waals surface area contributed by atoms with Gasteiger partial charge in [-0.15, -0.1) is 17.9 Å². The van der Waals surface area contributed by atoms with Crippen molar-refractivity contribution in [2.45, 2.75) is 26.4 Å². The average Bonchev–Trinajstić information content (AvgIpc) is 2.70. The highest BCUT2D eigenvalue weighted by molar-refractivity contribution is 8.63. The molecule has 0 aliphatic carbocycles. The Labute approximate surface area is 105 Å². The minimum Gasteiger partial charge on any atom is -0.293 e. The van der Waals surface area contributed by atoms with Gasteiger partial charge in [-0.05, 0) is 37.2 Å². The van der Waals surface area contributed by atoms with E-state index in [1.54, 1.807) is 0 Å². The highest BCUT2D eigenvalue weighted by atomic mass is 32.6. The van der Waals surface area contributed by atoms with Crippen molar-refractivity contribution >= 4 is 38.4 Å². The zero-order chi connectivity index (χ0) is 11.5. The fourth-order valence-corrected chi connectivity index (χ4v) is 5.97. The summed E-state index contributed by atoms with van der Waals surface area (Å²) in [6.45, 7) is 5.58. The van der Waals surface area contributed by atoms with Crippen LogP contribution in [0.4, 0.5) is 0 Å². The quantitative estimate of drug-likeness (QED) is 0.792. The first-order valence-electron chi connectivity index (χ1n) is 5.46. The highest BCUT2D eigenvalue weighted by Gasteiger charge is 2.23. The zero-order valence-corrected chi connectivity index (χ0v) is 13.7. The minimum absolute atomic E-state index is 0.0639. The molecule has 2 nitrogen and oxygen atoms in total. The molecule has 0 fully saturated rings. The molecule has 1 aromatic rings. The average molecular weight is 290 g/mol. The van der Waals surface area contributed by atoms with E-state index >= 15 is 0 Å². The molecule has 2 heterocycles. The Hall–Kier alpha value is 0.830. The van der Waals surface area contributed by atoms with Crippen molar-refractivity contribution in [3.05, 3.63) is 23.5 Å². The van der Waals surface area contributed by atoms with Crippen LogP contribution in [0.3, 0.4) is 0 Å². The predicted molar refractivity (Wildman–Crippen MR) is 82.9 cm³/mol. The van der Waals surface area contributed by atoms with Crippen molar-refractivity contribution in [3.8, 4) is 0 Å². The van der Waals surface area contributed by atoms with E-state index in [4.69, 9.17) is 0 Å². The lowest BCUT2D eigenvalue weighted by molar-refractivity contribution is 0.283. The SMILES string of the molecule is CCCN1Cc2nccc(P(P)PP)c2C1. The van der Waals surface area contributed by atoms with Gasteiger partial charge in [0, 0.05) is 19.3 Å². The molecule has 0 radical (unpaired) electrons. The number of hydrogen-bond acceptors (Lipinski definition) is 2. The summed E-state index contributed by atoms with van der Waals surface area (Å²) < 4.78 is 0. The van der Waals surface area contributed by atoms with Crippen LogP contribution in [0.1, 0.15) is 24.6 Å². The summed E-state index contributed by atoms with van der Waals surface area (Å²) in [5.74, 6) is 0. The van der Waals surface area contributed by atoms with E-state index in [0.717, 1.165) is 21.0 Å². The maximum atomic E-state index is 4.52. The number of fused-ring (bicyclic) bond motifs is 1. The van der Waals surface area contributed by atoms with Gasteiger partial charge in [0.05, 0.1) is 5.69 Å². The number of nitrogens with zero attached hydrogens (tertiary/aromatic N) is 2. The van der Waals surface area contributed by atoms with E-state index < -0.39 is 0 Å². The van der Waals surface area contributed by atoms with Gasteiger partial charge in [0.15, 0.2) is 0 Å². The van der Waals surface area contributed by atoms with E-state index in [-0.39, 0.29) is 7.30 Å². The number of rotatable bonds is 4. The molecule has 2 rings (SSSR count). The Bertz CT molecular complexity index is 372. The van der Waals surface area contributed by atoms with Gasteiger partial charge in [-0.1, -0.05) is 14.9 Å². The molecule has 0 aromatic carbocycles. The fraction of sp³-hybridized carbons (Fsp3) is 0.500. The van der Waals surface area contributed by atoms with Crippen LogP contribution >= 0.6 is 33.1 Å². The van der Waals surface area contributed by atoms with E-state index in [2.05, 4.69) is 40.7 Å². The van der Waals surface area contributed by atoms with Crippen LogP contribution in [0.15, 0.2) is 12.3 Å². The monoisotopic (exact) mass is 290 g/mol. The molecule has 1 aliphatic heterocycles. The number of aromatic nitrogens is 1. The molecule has 0 saturated heterocycles. The van der Waals surface area contributed by atoms with Gasteiger partial charge in [-0.3, -0.25) is 9.88 Å². The molecule has 0 saturated carbocycles. The molecule has 0 bridgehead atoms. The molecule has 1 aliphatic rings. The Morgan fingerprint density at radius 1 is 1.56 bits per heavy atom. The Morgan fingerprint density at radius 2 is 2.38 bits per heavy atom. The molecule has 6 heteroatoms. The molecule has 0 amide bonds. The van der Waals surface area contributed by atoms with Crippen molar-refractivity contribution in [1.29, 1.82) is 0 Å². The predicted octanol–water partition coefficient (Wildman–Crippen LogP) is 3.09. The molecule has 4 atom stereocenters. The van der Waals surface area contributed by atoms with Crippen LogP contribution in [0.5, 0.6) is 0 Å². The second-order valence-corrected chi connectivity index (χ2v) is 13.1. The van der Waals surface area contributed by atoms with Crippen LogP contribution in [0.25, 0.3) is 0 Å². The van der Waals surface area contributed by atoms with Gasteiger partial charge >= 0.3 is 0 Å². The summed E-state index contributed by atoms with van der Waals surface area (Å²) in [4.78, 5) is 7.03. The smallest absolute Gasteiger partial charge is 0.0595 e. The third kappa shape index (κ3) is 2.80. The third-order valence-electron chi connectivity index (χ3n) is 2.81. The van der Waals surface area contributed by atoms with Crippen molar-refractivity contribution in [3.63, 3.8) is 0 Å². The molecule has 1 aromatic heterocycles. The summed E-state index contributed by atoms with van der Waals surface area (Å²) in [7, 11) is 6.75. The van der Waals surface area contributed by atoms with Crippen molar-refractivity contribution in [2.24, 2.45) is 0 Å². The Morgan fingerprint density at radius 3 is 3.06 bits per heavy atom. The van der Waals surface area contributed by atoms with Gasteiger partial charge in [0.1, 0.15) is 0 Å². The summed E-state index contributed by atoms with van der Waals surface area (Å²) in [5, 5.41) is 1.54. The van der Waals surface area contributed by atoms with Crippen LogP contribution in [-0.4, -0.2) is 16.4 Å². The third-order valence-corrected chi connectivity index (χ3v) is 13.0. The molecule has 16 heavy (non-hydrogen) atoms. The van der Waals surface area contributed by atoms with Crippen LogP contribution in [0.2, 0.25) is 0 Å². The van der Waals surface area contributed by atoms with E-state index in [0.29, 0.717) is 0 Å². The van der Waals surface area contributed by atoms with Crippen LogP contribution in [0, 0.1) is 0 Å². The first kappa shape index (κ1) is 13.3. The zero-order valence-electron chi connectivity index (χ0n) is 9.48. The maximum Gasteiger partial charge on any atom is 0.0595 e. The molecule has 0 spiro atoms. The van der Waals surface area contributed by atoms with Crippen molar-refractivity contribution in [2.75, 3.05) is 6.54 Å². The second-order valence-electron chi connectivity index (χ2n) is 3.97. The molecular formula is C10H18N2P4. The Balaban J connectivity index is 2.24. The van der Waals surface area contributed by atoms with Crippen LogP contribution < -0.4 is 5.30 Å². The summed E-state index contributed by atoms with van der Waals surface area (Å²) in [6.07, 6.45) is 3.21. The fourth-order valence-electron chi connectivity index (χ4n) is 2.09. The molecular weight excluding hydrogens is 272 g/mol. The standard InChI is InChI=1S/C10H18N2P4/c1-2-5-12-6-8-9(7-12)11-4-3-10(8)16(14)15-13/h3-4,15H,2,5-7,13-14H2,1H3. The minimum atomic E-state index is -0.0639. The maximum absolute atomic E-state index is 4.52. The Kier molecular flexibility index (Phi) is 5.08. The largest absolute Gasteiger partial charge is 0.293 e. The van der Waals surface area contributed by atoms with Gasteiger partial charge in [-0.25, -0.2) is 0 Å². The van der Waals surface area contributed by atoms with E-state index in [1.165, 1.54) is 29.5 Å². The lowest BCUT2D eigenvalue weighted by Crippen LogP contribution is -2.17. The van der Waals surface area contributed by atoms with E-state index in [1.807, 2.05) is 6.20 Å². The lowest BCUT2D eigenvalue weighted by atomic mass is 10.2. The van der Waals surface area contributed by atoms with Gasteiger partial charge in [-0.2, -0.15) is 0 Å². The lowest BCUT2D eigenvalue weighted by Gasteiger charge is -2.14. The molecule has 4 unspecified atom stereocenters. The second kappa shape index (κ2) is 6.13. The van der Waals surface area contributed by atoms with Crippen molar-refractivity contribution in [1.82, 2.24) is 9.88 Å². The van der Waals surface area contributed by atoms with E-state index in [9.17, 15) is 0 Å². The number of hydrogen-bond donors (Lipinski definition) is 0. The van der Waals surface area contributed by atoms with Crippen LogP contribution in [-0.2, 0) is 13.1 Å². The summed E-state index contributed by atoms with van der Waals surface area (Å²) in [6, 6.07) is 2.21.